The lowest BCUT2D eigenvalue weighted by molar-refractivity contribution is -0.167. The molecule has 1 aliphatic heterocycles. The van der Waals surface area contributed by atoms with Gasteiger partial charge >= 0.3 is 19.2 Å². The highest BCUT2D eigenvalue weighted by atomic mass is 32.2. The molecule has 0 aliphatic carbocycles. The van der Waals surface area contributed by atoms with Crippen LogP contribution in [0, 0.1) is 6.92 Å². The Kier molecular flexibility index (Phi) is 6.10. The first-order chi connectivity index (χ1) is 15.9. The fraction of sp³-hybridized carbons (Fsp3) is 0.211. The van der Waals surface area contributed by atoms with E-state index in [9.17, 15) is 31.4 Å². The molecule has 15 heteroatoms. The summed E-state index contributed by atoms with van der Waals surface area (Å²) in [5, 5.41) is 15.2. The number of nitrogens with one attached hydrogen (secondary N) is 2. The van der Waals surface area contributed by atoms with E-state index < -0.39 is 29.2 Å². The molecule has 178 valence electrons. The van der Waals surface area contributed by atoms with Crippen molar-refractivity contribution in [1.29, 1.82) is 0 Å². The number of fused-ring (bicyclic) bond motifs is 1. The summed E-state index contributed by atoms with van der Waals surface area (Å²) in [7, 11) is -5.45. The summed E-state index contributed by atoms with van der Waals surface area (Å²) in [5.41, 5.74) is 0.993. The number of carbonyl (C=O) groups excluding carboxylic acids is 1. The van der Waals surface area contributed by atoms with Crippen molar-refractivity contribution < 1.29 is 40.6 Å². The number of hydrogen-bond donors (Lipinski definition) is 3. The summed E-state index contributed by atoms with van der Waals surface area (Å²) < 4.78 is 76.6. The van der Waals surface area contributed by atoms with E-state index in [1.165, 1.54) is 19.1 Å². The number of rotatable bonds is 6. The van der Waals surface area contributed by atoms with Gasteiger partial charge in [0, 0.05) is 24.7 Å². The highest BCUT2D eigenvalue weighted by Gasteiger charge is 2.39. The number of aryl methyl sites for hydroxylation is 1. The number of halogens is 3. The molecule has 0 spiro atoms. The number of benzene rings is 2. The zero-order valence-electron chi connectivity index (χ0n) is 17.4. The Morgan fingerprint density at radius 3 is 2.62 bits per heavy atom. The maximum absolute atomic E-state index is 13.2. The summed E-state index contributed by atoms with van der Waals surface area (Å²) >= 11 is 0. The first kappa shape index (κ1) is 23.7. The van der Waals surface area contributed by atoms with Crippen molar-refractivity contribution in [2.24, 2.45) is 0 Å². The van der Waals surface area contributed by atoms with Crippen LogP contribution in [0.4, 0.5) is 24.5 Å². The van der Waals surface area contributed by atoms with Gasteiger partial charge < -0.3 is 19.5 Å². The van der Waals surface area contributed by atoms with Crippen molar-refractivity contribution in [2.45, 2.75) is 31.0 Å². The molecule has 0 atom stereocenters. The number of hydrogen-bond acceptors (Lipinski definition) is 8. The number of anilines is 2. The fourth-order valence-electron chi connectivity index (χ4n) is 3.33. The lowest BCUT2D eigenvalue weighted by atomic mass is 9.79. The molecule has 0 bridgehead atoms. The molecule has 0 unspecified atom stereocenters. The molecule has 10 nitrogen and oxygen atoms in total. The van der Waals surface area contributed by atoms with Gasteiger partial charge in [-0.3, -0.25) is 9.52 Å². The minimum atomic E-state index is -5.13. The Morgan fingerprint density at radius 1 is 1.21 bits per heavy atom. The van der Waals surface area contributed by atoms with Crippen molar-refractivity contribution in [3.05, 3.63) is 59.2 Å². The minimum Gasteiger partial charge on any atom is -0.423 e. The van der Waals surface area contributed by atoms with Crippen molar-refractivity contribution in [2.75, 3.05) is 10.0 Å². The predicted molar refractivity (Wildman–Crippen MR) is 113 cm³/mol. The van der Waals surface area contributed by atoms with Crippen LogP contribution in [0.1, 0.15) is 22.8 Å². The molecule has 0 radical (unpaired) electrons. The molecular weight excluding hydrogens is 480 g/mol. The van der Waals surface area contributed by atoms with Crippen molar-refractivity contribution in [3.8, 4) is 0 Å². The van der Waals surface area contributed by atoms with Crippen molar-refractivity contribution in [1.82, 2.24) is 10.1 Å². The quantitative estimate of drug-likeness (QED) is 0.436. The van der Waals surface area contributed by atoms with Crippen LogP contribution in [0.25, 0.3) is 0 Å². The summed E-state index contributed by atoms with van der Waals surface area (Å²) in [6.07, 6.45) is -5.33. The van der Waals surface area contributed by atoms with E-state index in [-0.39, 0.29) is 46.6 Å². The van der Waals surface area contributed by atoms with Gasteiger partial charge in [-0.2, -0.15) is 18.2 Å². The standard InChI is InChI=1S/C19H16BF3N4O6S/c1-10-24-17(26-33-10)7-12-6-13(25-18(28)19(21,22)23)4-5-16(12)34(30,31)27-14-3-2-11-9-32-20(29)15(11)8-14/h2-6,8,27,29H,7,9H2,1H3,(H,25,28). The third-order valence-electron chi connectivity index (χ3n) is 4.84. The molecule has 0 fully saturated rings. The lowest BCUT2D eigenvalue weighted by Gasteiger charge is -2.15. The van der Waals surface area contributed by atoms with Gasteiger partial charge in [0.15, 0.2) is 5.82 Å². The van der Waals surface area contributed by atoms with Crippen LogP contribution >= 0.6 is 0 Å². The summed E-state index contributed by atoms with van der Waals surface area (Å²) in [4.78, 5) is 15.0. The van der Waals surface area contributed by atoms with Gasteiger partial charge in [0.1, 0.15) is 0 Å². The number of carbonyl (C=O) groups is 1. The molecule has 1 amide bonds. The van der Waals surface area contributed by atoms with E-state index in [2.05, 4.69) is 14.9 Å². The molecule has 2 aromatic carbocycles. The number of aromatic nitrogens is 2. The average Bonchev–Trinajstić information content (AvgIpc) is 3.32. The third-order valence-corrected chi connectivity index (χ3v) is 6.33. The molecule has 0 saturated heterocycles. The molecule has 0 saturated carbocycles. The summed E-state index contributed by atoms with van der Waals surface area (Å²) in [6.45, 7) is 1.70. The molecule has 4 rings (SSSR count). The number of sulfonamides is 1. The van der Waals surface area contributed by atoms with Crippen LogP contribution in [0.3, 0.4) is 0 Å². The van der Waals surface area contributed by atoms with E-state index in [0.717, 1.165) is 18.2 Å². The first-order valence-corrected chi connectivity index (χ1v) is 11.2. The summed E-state index contributed by atoms with van der Waals surface area (Å²) in [5.74, 6) is -1.91. The smallest absolute Gasteiger partial charge is 0.423 e. The van der Waals surface area contributed by atoms with E-state index in [1.807, 2.05) is 0 Å². The molecule has 1 aromatic heterocycles. The molecule has 34 heavy (non-hydrogen) atoms. The Hall–Kier alpha value is -3.43. The average molecular weight is 496 g/mol. The van der Waals surface area contributed by atoms with Crippen LogP contribution in [0.15, 0.2) is 45.8 Å². The van der Waals surface area contributed by atoms with E-state index in [1.54, 1.807) is 11.4 Å². The number of nitrogens with zero attached hydrogens (tertiary/aromatic N) is 2. The zero-order valence-corrected chi connectivity index (χ0v) is 18.2. The van der Waals surface area contributed by atoms with Crippen LogP contribution in [-0.4, -0.2) is 42.8 Å². The molecule has 3 N–H and O–H groups in total. The highest BCUT2D eigenvalue weighted by Crippen LogP contribution is 2.27. The molecule has 1 aliphatic rings. The van der Waals surface area contributed by atoms with Gasteiger partial charge in [0.05, 0.1) is 11.5 Å². The maximum atomic E-state index is 13.2. The van der Waals surface area contributed by atoms with Gasteiger partial charge in [-0.15, -0.1) is 0 Å². The Bertz CT molecular complexity index is 1360. The van der Waals surface area contributed by atoms with Crippen molar-refractivity contribution in [3.63, 3.8) is 0 Å². The largest absolute Gasteiger partial charge is 0.491 e. The highest BCUT2D eigenvalue weighted by molar-refractivity contribution is 7.92. The van der Waals surface area contributed by atoms with Crippen LogP contribution in [-0.2, 0) is 32.5 Å². The van der Waals surface area contributed by atoms with E-state index in [4.69, 9.17) is 9.18 Å². The molecule has 2 heterocycles. The van der Waals surface area contributed by atoms with Crippen molar-refractivity contribution >= 4 is 39.9 Å². The van der Waals surface area contributed by atoms with Gasteiger partial charge in [-0.1, -0.05) is 11.2 Å². The van der Waals surface area contributed by atoms with E-state index in [0.29, 0.717) is 11.0 Å². The lowest BCUT2D eigenvalue weighted by Crippen LogP contribution is -2.30. The van der Waals surface area contributed by atoms with E-state index >= 15 is 0 Å². The maximum Gasteiger partial charge on any atom is 0.491 e. The molecular formula is C19H16BF3N4O6S. The van der Waals surface area contributed by atoms with Gasteiger partial charge in [-0.05, 0) is 46.9 Å². The second-order valence-corrected chi connectivity index (χ2v) is 9.01. The Labute approximate surface area is 191 Å². The van der Waals surface area contributed by atoms with Gasteiger partial charge in [0.25, 0.3) is 10.0 Å². The molecule has 3 aromatic rings. The first-order valence-electron chi connectivity index (χ1n) is 9.68. The number of alkyl halides is 3. The normalized spacial score (nSPS) is 13.6. The third kappa shape index (κ3) is 5.05. The monoisotopic (exact) mass is 496 g/mol. The SMILES string of the molecule is Cc1nc(Cc2cc(NC(=O)C(F)(F)F)ccc2S(=O)(=O)Nc2ccc3c(c2)B(O)OC3)no1. The summed E-state index contributed by atoms with van der Waals surface area (Å²) in [6, 6.07) is 7.68. The minimum absolute atomic E-state index is 0.0119. The van der Waals surface area contributed by atoms with Crippen LogP contribution in [0.5, 0.6) is 0 Å². The van der Waals surface area contributed by atoms with Gasteiger partial charge in [-0.25, -0.2) is 8.42 Å². The van der Waals surface area contributed by atoms with Gasteiger partial charge in [0.2, 0.25) is 5.89 Å². The van der Waals surface area contributed by atoms with Crippen LogP contribution < -0.4 is 15.5 Å². The fourth-order valence-corrected chi connectivity index (χ4v) is 4.60. The Morgan fingerprint density at radius 2 is 1.94 bits per heavy atom. The zero-order chi connectivity index (χ0) is 24.7. The second kappa shape index (κ2) is 8.74. The van der Waals surface area contributed by atoms with Crippen LogP contribution in [0.2, 0.25) is 0 Å². The topological polar surface area (TPSA) is 144 Å². The second-order valence-electron chi connectivity index (χ2n) is 7.36. The Balaban J connectivity index is 1.68. The number of amides is 1. The predicted octanol–water partition coefficient (Wildman–Crippen LogP) is 1.49.